The van der Waals surface area contributed by atoms with Crippen LogP contribution in [0.15, 0.2) is 24.3 Å². The number of nitrogens with one attached hydrogen (secondary N) is 1. The summed E-state index contributed by atoms with van der Waals surface area (Å²) in [6.45, 7) is 2.66. The lowest BCUT2D eigenvalue weighted by Crippen LogP contribution is -2.32. The molecule has 1 atom stereocenters. The summed E-state index contributed by atoms with van der Waals surface area (Å²) < 4.78 is 25.8. The highest BCUT2D eigenvalue weighted by Gasteiger charge is 2.26. The third kappa shape index (κ3) is 3.29. The number of rotatable bonds is 4. The van der Waals surface area contributed by atoms with Crippen molar-refractivity contribution in [2.45, 2.75) is 19.4 Å². The standard InChI is InChI=1S/C13H19N3O3S/c1-2-20(18,19)15-12-6-4-3-5-11(12)13(17)16-8-7-10(14)9-16/h3-6,10,15H,2,7-9,14H2,1H3/t10-/m1/s1. The summed E-state index contributed by atoms with van der Waals surface area (Å²) >= 11 is 0. The number of hydrogen-bond acceptors (Lipinski definition) is 4. The Morgan fingerprint density at radius 3 is 2.75 bits per heavy atom. The van der Waals surface area contributed by atoms with Crippen LogP contribution in [0.4, 0.5) is 5.69 Å². The molecular formula is C13H19N3O3S. The molecule has 1 aliphatic heterocycles. The number of nitrogens with zero attached hydrogens (tertiary/aromatic N) is 1. The average Bonchev–Trinajstić information content (AvgIpc) is 2.85. The molecule has 1 heterocycles. The largest absolute Gasteiger partial charge is 0.337 e. The molecule has 0 saturated carbocycles. The van der Waals surface area contributed by atoms with Crippen LogP contribution in [0.3, 0.4) is 0 Å². The highest BCUT2D eigenvalue weighted by atomic mass is 32.2. The SMILES string of the molecule is CCS(=O)(=O)Nc1ccccc1C(=O)N1CC[C@@H](N)C1. The van der Waals surface area contributed by atoms with Crippen molar-refractivity contribution in [3.05, 3.63) is 29.8 Å². The van der Waals surface area contributed by atoms with E-state index in [9.17, 15) is 13.2 Å². The van der Waals surface area contributed by atoms with E-state index < -0.39 is 10.0 Å². The molecule has 0 radical (unpaired) electrons. The summed E-state index contributed by atoms with van der Waals surface area (Å²) in [6, 6.07) is 6.63. The molecule has 20 heavy (non-hydrogen) atoms. The van der Waals surface area contributed by atoms with Gasteiger partial charge in [-0.25, -0.2) is 8.42 Å². The van der Waals surface area contributed by atoms with E-state index in [-0.39, 0.29) is 17.7 Å². The van der Waals surface area contributed by atoms with Crippen LogP contribution in [0, 0.1) is 0 Å². The van der Waals surface area contributed by atoms with Gasteiger partial charge in [0.2, 0.25) is 10.0 Å². The van der Waals surface area contributed by atoms with Crippen LogP contribution in [0.5, 0.6) is 0 Å². The van der Waals surface area contributed by atoms with Gasteiger partial charge in [0, 0.05) is 19.1 Å². The molecule has 0 aliphatic carbocycles. The maximum Gasteiger partial charge on any atom is 0.256 e. The van der Waals surface area contributed by atoms with Crippen molar-refractivity contribution in [2.75, 3.05) is 23.6 Å². The molecular weight excluding hydrogens is 278 g/mol. The topological polar surface area (TPSA) is 92.5 Å². The molecule has 1 aromatic rings. The van der Waals surface area contributed by atoms with Gasteiger partial charge in [-0.2, -0.15) is 0 Å². The number of anilines is 1. The summed E-state index contributed by atoms with van der Waals surface area (Å²) in [5, 5.41) is 0. The van der Waals surface area contributed by atoms with E-state index in [0.29, 0.717) is 24.3 Å². The molecule has 3 N–H and O–H groups in total. The van der Waals surface area contributed by atoms with Crippen molar-refractivity contribution < 1.29 is 13.2 Å². The molecule has 1 amide bonds. The van der Waals surface area contributed by atoms with E-state index in [0.717, 1.165) is 6.42 Å². The van der Waals surface area contributed by atoms with Gasteiger partial charge in [0.1, 0.15) is 0 Å². The van der Waals surface area contributed by atoms with Crippen LogP contribution in [0.25, 0.3) is 0 Å². The highest BCUT2D eigenvalue weighted by molar-refractivity contribution is 7.92. The maximum absolute atomic E-state index is 12.4. The van der Waals surface area contributed by atoms with E-state index in [2.05, 4.69) is 4.72 Å². The third-order valence-corrected chi connectivity index (χ3v) is 4.61. The lowest BCUT2D eigenvalue weighted by atomic mass is 10.1. The minimum absolute atomic E-state index is 0.00144. The predicted octanol–water partition coefficient (Wildman–Crippen LogP) is 0.621. The number of carbonyl (C=O) groups is 1. The number of carbonyl (C=O) groups excluding carboxylic acids is 1. The van der Waals surface area contributed by atoms with E-state index in [4.69, 9.17) is 5.73 Å². The monoisotopic (exact) mass is 297 g/mol. The second-order valence-electron chi connectivity index (χ2n) is 4.85. The lowest BCUT2D eigenvalue weighted by Gasteiger charge is -2.18. The van der Waals surface area contributed by atoms with Crippen molar-refractivity contribution in [3.63, 3.8) is 0 Å². The third-order valence-electron chi connectivity index (χ3n) is 3.31. The van der Waals surface area contributed by atoms with Gasteiger partial charge in [-0.05, 0) is 25.5 Å². The fraction of sp³-hybridized carbons (Fsp3) is 0.462. The molecule has 1 fully saturated rings. The molecule has 0 bridgehead atoms. The lowest BCUT2D eigenvalue weighted by molar-refractivity contribution is 0.0792. The van der Waals surface area contributed by atoms with Gasteiger partial charge in [-0.1, -0.05) is 12.1 Å². The molecule has 7 heteroatoms. The average molecular weight is 297 g/mol. The first-order valence-corrected chi connectivity index (χ1v) is 8.22. The Kier molecular flexibility index (Phi) is 4.29. The number of likely N-dealkylation sites (tertiary alicyclic amines) is 1. The van der Waals surface area contributed by atoms with Gasteiger partial charge >= 0.3 is 0 Å². The zero-order valence-electron chi connectivity index (χ0n) is 11.4. The Morgan fingerprint density at radius 2 is 2.15 bits per heavy atom. The van der Waals surface area contributed by atoms with Gasteiger partial charge in [0.15, 0.2) is 0 Å². The van der Waals surface area contributed by atoms with E-state index in [1.54, 1.807) is 36.1 Å². The first kappa shape index (κ1) is 14.8. The fourth-order valence-electron chi connectivity index (χ4n) is 2.14. The van der Waals surface area contributed by atoms with Gasteiger partial charge in [0.25, 0.3) is 5.91 Å². The van der Waals surface area contributed by atoms with Crippen LogP contribution in [0.1, 0.15) is 23.7 Å². The zero-order chi connectivity index (χ0) is 14.8. The molecule has 1 saturated heterocycles. The first-order chi connectivity index (χ1) is 9.43. The van der Waals surface area contributed by atoms with Crippen LogP contribution < -0.4 is 10.5 Å². The number of para-hydroxylation sites is 1. The molecule has 1 aliphatic rings. The summed E-state index contributed by atoms with van der Waals surface area (Å²) in [5.74, 6) is -0.225. The smallest absolute Gasteiger partial charge is 0.256 e. The quantitative estimate of drug-likeness (QED) is 0.852. The van der Waals surface area contributed by atoms with Crippen LogP contribution in [-0.4, -0.2) is 44.1 Å². The van der Waals surface area contributed by atoms with Crippen LogP contribution in [0.2, 0.25) is 0 Å². The number of benzene rings is 1. The number of sulfonamides is 1. The number of hydrogen-bond donors (Lipinski definition) is 2. The first-order valence-electron chi connectivity index (χ1n) is 6.57. The maximum atomic E-state index is 12.4. The van der Waals surface area contributed by atoms with Crippen molar-refractivity contribution in [1.29, 1.82) is 0 Å². The summed E-state index contributed by atoms with van der Waals surface area (Å²) in [7, 11) is -3.41. The molecule has 6 nitrogen and oxygen atoms in total. The Balaban J connectivity index is 2.26. The fourth-order valence-corrected chi connectivity index (χ4v) is 2.80. The van der Waals surface area contributed by atoms with Gasteiger partial charge in [-0.15, -0.1) is 0 Å². The molecule has 0 aromatic heterocycles. The van der Waals surface area contributed by atoms with Gasteiger partial charge in [-0.3, -0.25) is 9.52 Å². The molecule has 0 unspecified atom stereocenters. The summed E-state index contributed by atoms with van der Waals surface area (Å²) in [5.41, 5.74) is 6.48. The molecule has 110 valence electrons. The molecule has 1 aromatic carbocycles. The minimum Gasteiger partial charge on any atom is -0.337 e. The zero-order valence-corrected chi connectivity index (χ0v) is 12.2. The van der Waals surface area contributed by atoms with Crippen molar-refractivity contribution in [1.82, 2.24) is 4.90 Å². The van der Waals surface area contributed by atoms with Crippen molar-refractivity contribution >= 4 is 21.6 Å². The normalized spacial score (nSPS) is 19.1. The molecule has 0 spiro atoms. The number of amides is 1. The van der Waals surface area contributed by atoms with Crippen molar-refractivity contribution in [3.8, 4) is 0 Å². The van der Waals surface area contributed by atoms with Gasteiger partial charge in [0.05, 0.1) is 17.0 Å². The summed E-state index contributed by atoms with van der Waals surface area (Å²) in [4.78, 5) is 14.1. The van der Waals surface area contributed by atoms with Crippen LogP contribution in [-0.2, 0) is 10.0 Å². The van der Waals surface area contributed by atoms with Crippen LogP contribution >= 0.6 is 0 Å². The van der Waals surface area contributed by atoms with E-state index >= 15 is 0 Å². The molecule has 2 rings (SSSR count). The Bertz CT molecular complexity index is 601. The number of nitrogens with two attached hydrogens (primary N) is 1. The second kappa shape index (κ2) is 5.80. The highest BCUT2D eigenvalue weighted by Crippen LogP contribution is 2.20. The second-order valence-corrected chi connectivity index (χ2v) is 6.86. The predicted molar refractivity (Wildman–Crippen MR) is 78.0 cm³/mol. The van der Waals surface area contributed by atoms with Gasteiger partial charge < -0.3 is 10.6 Å². The Labute approximate surface area is 119 Å². The minimum atomic E-state index is -3.41. The Morgan fingerprint density at radius 1 is 1.45 bits per heavy atom. The summed E-state index contributed by atoms with van der Waals surface area (Å²) in [6.07, 6.45) is 0.772. The van der Waals surface area contributed by atoms with Crippen molar-refractivity contribution in [2.24, 2.45) is 5.73 Å². The van der Waals surface area contributed by atoms with E-state index in [1.165, 1.54) is 0 Å². The van der Waals surface area contributed by atoms with E-state index in [1.807, 2.05) is 0 Å². The Hall–Kier alpha value is -1.60.